The van der Waals surface area contributed by atoms with Crippen molar-refractivity contribution in [2.75, 3.05) is 44.9 Å². The molecule has 9 atom stereocenters. The second-order valence-electron chi connectivity index (χ2n) is 18.7. The van der Waals surface area contributed by atoms with Gasteiger partial charge >= 0.3 is 11.9 Å². The molecule has 0 heterocycles. The summed E-state index contributed by atoms with van der Waals surface area (Å²) in [5.41, 5.74) is 28.6. The Bertz CT molecular complexity index is 2140. The minimum atomic E-state index is -1.94. The highest BCUT2D eigenvalue weighted by Gasteiger charge is 2.35. The molecule has 78 heavy (non-hydrogen) atoms. The van der Waals surface area contributed by atoms with E-state index in [1.165, 1.54) is 36.0 Å². The van der Waals surface area contributed by atoms with Gasteiger partial charge in [0.05, 0.1) is 25.7 Å². The molecule has 0 saturated carbocycles. The highest BCUT2D eigenvalue weighted by molar-refractivity contribution is 7.98. The smallest absolute Gasteiger partial charge is 0.326 e. The van der Waals surface area contributed by atoms with E-state index in [4.69, 9.17) is 28.7 Å². The first-order valence-corrected chi connectivity index (χ1v) is 26.9. The summed E-state index contributed by atoms with van der Waals surface area (Å²) < 4.78 is 0. The van der Waals surface area contributed by atoms with Crippen molar-refractivity contribution in [2.24, 2.45) is 39.6 Å². The van der Waals surface area contributed by atoms with Gasteiger partial charge in [0.1, 0.15) is 54.1 Å². The van der Waals surface area contributed by atoms with Crippen LogP contribution in [-0.2, 0) is 54.4 Å². The van der Waals surface area contributed by atoms with Gasteiger partial charge < -0.3 is 96.7 Å². The number of aliphatic hydroxyl groups excluding tert-OH is 2. The Hall–Kier alpha value is -6.86. The Labute approximate surface area is 456 Å². The maximum absolute atomic E-state index is 14.1. The fourth-order valence-corrected chi connectivity index (χ4v) is 7.88. The second-order valence-corrected chi connectivity index (χ2v) is 19.7. The van der Waals surface area contributed by atoms with Gasteiger partial charge in [0.15, 0.2) is 5.96 Å². The third-order valence-corrected chi connectivity index (χ3v) is 12.3. The molecule has 0 saturated heterocycles. The maximum atomic E-state index is 14.1. The fraction of sp³-hybridized carbons (Fsp3) is 0.646. The summed E-state index contributed by atoms with van der Waals surface area (Å²) >= 11 is 1.25. The number of aromatic hydroxyl groups is 1. The van der Waals surface area contributed by atoms with E-state index in [9.17, 15) is 73.5 Å². The van der Waals surface area contributed by atoms with Crippen molar-refractivity contribution in [3.63, 3.8) is 0 Å². The van der Waals surface area contributed by atoms with Gasteiger partial charge in [0.25, 0.3) is 0 Å². The molecule has 0 aromatic heterocycles. The molecule has 23 N–H and O–H groups in total. The number of aliphatic hydroxyl groups is 2. The zero-order valence-corrected chi connectivity index (χ0v) is 45.2. The zero-order chi connectivity index (χ0) is 58.9. The topological polar surface area (TPSA) is 511 Å². The molecule has 0 aliphatic carbocycles. The number of unbranched alkanes of at least 4 members (excludes halogenated alkanes) is 2. The number of guanidine groups is 1. The molecule has 0 bridgehead atoms. The van der Waals surface area contributed by atoms with Crippen LogP contribution >= 0.6 is 11.8 Å². The highest BCUT2D eigenvalue weighted by Crippen LogP contribution is 2.13. The number of nitrogens with one attached hydrogen (secondary N) is 8. The van der Waals surface area contributed by atoms with E-state index in [1.807, 2.05) is 13.8 Å². The lowest BCUT2D eigenvalue weighted by atomic mass is 10.0. The monoisotopic (exact) mass is 1130 g/mol. The van der Waals surface area contributed by atoms with Crippen molar-refractivity contribution >= 4 is 76.9 Å². The molecule has 440 valence electrons. The van der Waals surface area contributed by atoms with E-state index in [0.717, 1.165) is 0 Å². The minimum absolute atomic E-state index is 0.0284. The van der Waals surface area contributed by atoms with E-state index >= 15 is 0 Å². The van der Waals surface area contributed by atoms with E-state index in [0.29, 0.717) is 31.2 Å². The standard InChI is InChI=1S/C48H82N14O15S/c1-26(2)21-33(58-39(68)29(51)9-8-19-54-48(52)53)43(72)56-30(10-4-6-17-49)40(69)55-31(11-5-7-18-50)41(70)59-34(23-38(66)67)44(73)62-36(24-63)45(74)57-32(16-20-78-3)42(71)61-37(25-64)46(75)60-35(47(76)77)22-27-12-14-28(65)15-13-27/h12-15,26,29-37,63-65H,4-11,16-25,49-51H2,1-3H3,(H,55,69)(H,56,72)(H,57,74)(H,58,68)(H,59,70)(H,60,75)(H,61,71)(H,62,73)(H,66,67)(H,76,77)(H4,52,53,54)/t29-,30-,31-,32-,33-,34-,35-,36-,37-/m0/s1. The first kappa shape index (κ1) is 69.2. The number of thioether (sulfide) groups is 1. The van der Waals surface area contributed by atoms with Crippen LogP contribution in [0.1, 0.15) is 90.0 Å². The molecule has 0 fully saturated rings. The lowest BCUT2D eigenvalue weighted by Crippen LogP contribution is -2.61. The normalized spacial score (nSPS) is 14.5. The van der Waals surface area contributed by atoms with Gasteiger partial charge in [-0.1, -0.05) is 26.0 Å². The molecule has 0 spiro atoms. The molecule has 29 nitrogen and oxygen atoms in total. The van der Waals surface area contributed by atoms with Crippen LogP contribution in [0, 0.1) is 5.92 Å². The number of aliphatic carboxylic acids is 2. The first-order chi connectivity index (χ1) is 36.9. The number of carbonyl (C=O) groups is 10. The summed E-state index contributed by atoms with van der Waals surface area (Å²) in [6.45, 7) is 2.14. The van der Waals surface area contributed by atoms with E-state index in [1.54, 1.807) is 6.26 Å². The third-order valence-electron chi connectivity index (χ3n) is 11.7. The second kappa shape index (κ2) is 37.8. The van der Waals surface area contributed by atoms with Crippen LogP contribution in [0.3, 0.4) is 0 Å². The molecule has 1 rings (SSSR count). The minimum Gasteiger partial charge on any atom is -0.508 e. The molecular formula is C48H82N14O15S. The van der Waals surface area contributed by atoms with Crippen molar-refractivity contribution in [2.45, 2.75) is 145 Å². The summed E-state index contributed by atoms with van der Waals surface area (Å²) in [6, 6.07) is -8.00. The number of aliphatic imine (C=N–C) groups is 1. The van der Waals surface area contributed by atoms with E-state index in [2.05, 4.69) is 47.5 Å². The largest absolute Gasteiger partial charge is 0.508 e. The molecule has 0 aliphatic heterocycles. The maximum Gasteiger partial charge on any atom is 0.326 e. The van der Waals surface area contributed by atoms with Crippen LogP contribution in [0.15, 0.2) is 29.3 Å². The van der Waals surface area contributed by atoms with E-state index in [-0.39, 0.29) is 88.0 Å². The van der Waals surface area contributed by atoms with Crippen molar-refractivity contribution in [1.82, 2.24) is 42.5 Å². The molecule has 8 amide bonds. The van der Waals surface area contributed by atoms with Gasteiger partial charge in [-0.15, -0.1) is 0 Å². The molecular weight excluding hydrogens is 1040 g/mol. The Balaban J connectivity index is 3.33. The Morgan fingerprint density at radius 2 is 0.962 bits per heavy atom. The lowest BCUT2D eigenvalue weighted by Gasteiger charge is -2.28. The highest BCUT2D eigenvalue weighted by atomic mass is 32.2. The van der Waals surface area contributed by atoms with Crippen molar-refractivity contribution in [1.29, 1.82) is 0 Å². The van der Waals surface area contributed by atoms with Gasteiger partial charge in [-0.2, -0.15) is 11.8 Å². The number of phenolic OH excluding ortho intramolecular Hbond substituents is 1. The average molecular weight is 1130 g/mol. The van der Waals surface area contributed by atoms with Gasteiger partial charge in [-0.25, -0.2) is 4.79 Å². The average Bonchev–Trinajstić information content (AvgIpc) is 3.38. The SMILES string of the molecule is CSCC[C@H](NC(=O)[C@H](CO)NC(=O)[C@H](CC(=O)O)NC(=O)[C@H](CCCCN)NC(=O)[C@H](CCCCN)NC(=O)[C@H](CC(C)C)NC(=O)[C@@H](N)CCCN=C(N)N)C(=O)N[C@@H](CO)C(=O)N[C@@H](Cc1ccc(O)cc1)C(=O)O. The van der Waals surface area contributed by atoms with Crippen molar-refractivity contribution < 1.29 is 73.5 Å². The van der Waals surface area contributed by atoms with Crippen molar-refractivity contribution in [3.05, 3.63) is 29.8 Å². The Kier molecular flexibility index (Phi) is 33.5. The van der Waals surface area contributed by atoms with Gasteiger partial charge in [0, 0.05) is 13.0 Å². The zero-order valence-electron chi connectivity index (χ0n) is 44.4. The molecule has 1 aromatic carbocycles. The number of benzene rings is 1. The van der Waals surface area contributed by atoms with Crippen LogP contribution in [0.4, 0.5) is 0 Å². The van der Waals surface area contributed by atoms with E-state index < -0.39 is 133 Å². The summed E-state index contributed by atoms with van der Waals surface area (Å²) in [4.78, 5) is 137. The van der Waals surface area contributed by atoms with Crippen LogP contribution < -0.4 is 71.2 Å². The van der Waals surface area contributed by atoms with Gasteiger partial charge in [-0.3, -0.25) is 48.1 Å². The van der Waals surface area contributed by atoms with Crippen LogP contribution in [0.2, 0.25) is 0 Å². The number of phenols is 1. The fourth-order valence-electron chi connectivity index (χ4n) is 7.41. The number of nitrogens with zero attached hydrogens (tertiary/aromatic N) is 1. The van der Waals surface area contributed by atoms with Gasteiger partial charge in [0.2, 0.25) is 47.3 Å². The van der Waals surface area contributed by atoms with Crippen LogP contribution in [0.5, 0.6) is 5.75 Å². The lowest BCUT2D eigenvalue weighted by molar-refractivity contribution is -0.143. The number of hydrogen-bond acceptors (Lipinski definition) is 18. The number of nitrogens with two attached hydrogens (primary N) is 5. The summed E-state index contributed by atoms with van der Waals surface area (Å²) in [5.74, 6) is -11.0. The summed E-state index contributed by atoms with van der Waals surface area (Å²) in [5, 5.41) is 68.6. The molecule has 0 aliphatic rings. The van der Waals surface area contributed by atoms with Crippen molar-refractivity contribution in [3.8, 4) is 5.75 Å². The predicted octanol–water partition coefficient (Wildman–Crippen LogP) is -5.20. The molecule has 1 aromatic rings. The summed E-state index contributed by atoms with van der Waals surface area (Å²) in [6.07, 6.45) is 2.29. The number of carboxylic acids is 2. The predicted molar refractivity (Wildman–Crippen MR) is 287 cm³/mol. The van der Waals surface area contributed by atoms with Crippen LogP contribution in [-0.4, -0.2) is 190 Å². The number of hydrogen-bond donors (Lipinski definition) is 18. The number of carboxylic acid groups (broad SMARTS) is 2. The number of amides is 8. The molecule has 30 heteroatoms. The third kappa shape index (κ3) is 27.5. The quantitative estimate of drug-likeness (QED) is 0.0166. The number of rotatable bonds is 40. The Morgan fingerprint density at radius 1 is 0.551 bits per heavy atom. The van der Waals surface area contributed by atoms with Crippen LogP contribution in [0.25, 0.3) is 0 Å². The Morgan fingerprint density at radius 3 is 1.38 bits per heavy atom. The molecule has 0 unspecified atom stereocenters. The van der Waals surface area contributed by atoms with Gasteiger partial charge in [-0.05, 0) is 113 Å². The first-order valence-electron chi connectivity index (χ1n) is 25.5. The molecule has 0 radical (unpaired) electrons. The summed E-state index contributed by atoms with van der Waals surface area (Å²) in [7, 11) is 0. The number of carbonyl (C=O) groups excluding carboxylic acids is 8.